The molecule has 0 aromatic rings. The molecular formula is C21H32O2. The molecule has 2 heterocycles. The van der Waals surface area contributed by atoms with Crippen molar-refractivity contribution >= 4 is 0 Å². The molecular weight excluding hydrogens is 284 g/mol. The summed E-state index contributed by atoms with van der Waals surface area (Å²) in [7, 11) is 1.81. The number of ether oxygens (including phenoxy) is 2. The average Bonchev–Trinajstić information content (AvgIpc) is 2.89. The van der Waals surface area contributed by atoms with Gasteiger partial charge >= 0.3 is 0 Å². The summed E-state index contributed by atoms with van der Waals surface area (Å²) < 4.78 is 12.5. The van der Waals surface area contributed by atoms with Crippen LogP contribution in [0.2, 0.25) is 0 Å². The Kier molecular flexibility index (Phi) is 4.03. The maximum Gasteiger partial charge on any atom is 0.101 e. The van der Waals surface area contributed by atoms with Gasteiger partial charge in [-0.25, -0.2) is 0 Å². The zero-order valence-electron chi connectivity index (χ0n) is 15.4. The number of allylic oxidation sites excluding steroid dienone is 4. The van der Waals surface area contributed by atoms with Gasteiger partial charge in [-0.15, -0.1) is 6.58 Å². The molecule has 1 aliphatic carbocycles. The van der Waals surface area contributed by atoms with Gasteiger partial charge in [0.15, 0.2) is 0 Å². The second-order valence-corrected chi connectivity index (χ2v) is 8.38. The van der Waals surface area contributed by atoms with Crippen LogP contribution in [0.5, 0.6) is 0 Å². The smallest absolute Gasteiger partial charge is 0.101 e. The molecule has 2 fully saturated rings. The minimum absolute atomic E-state index is 0.00684. The highest BCUT2D eigenvalue weighted by Crippen LogP contribution is 2.72. The molecule has 0 aromatic carbocycles. The molecule has 5 atom stereocenters. The highest BCUT2D eigenvalue weighted by Gasteiger charge is 2.74. The van der Waals surface area contributed by atoms with E-state index < -0.39 is 0 Å². The van der Waals surface area contributed by atoms with Gasteiger partial charge in [0.25, 0.3) is 0 Å². The first-order chi connectivity index (χ1) is 10.8. The van der Waals surface area contributed by atoms with Gasteiger partial charge < -0.3 is 9.47 Å². The third-order valence-corrected chi connectivity index (χ3v) is 7.03. The molecule has 0 spiro atoms. The van der Waals surface area contributed by atoms with Crippen molar-refractivity contribution in [2.24, 2.45) is 16.7 Å². The summed E-state index contributed by atoms with van der Waals surface area (Å²) >= 11 is 0. The van der Waals surface area contributed by atoms with Crippen molar-refractivity contribution in [3.05, 3.63) is 36.1 Å². The average molecular weight is 316 g/mol. The van der Waals surface area contributed by atoms with Crippen molar-refractivity contribution in [1.29, 1.82) is 0 Å². The van der Waals surface area contributed by atoms with E-state index in [4.69, 9.17) is 9.47 Å². The van der Waals surface area contributed by atoms with Gasteiger partial charge in [0.05, 0.1) is 24.2 Å². The van der Waals surface area contributed by atoms with Gasteiger partial charge in [-0.05, 0) is 64.4 Å². The largest absolute Gasteiger partial charge is 0.501 e. The quantitative estimate of drug-likeness (QED) is 0.610. The second kappa shape index (κ2) is 5.51. The van der Waals surface area contributed by atoms with Crippen LogP contribution in [0.25, 0.3) is 0 Å². The Morgan fingerprint density at radius 2 is 2.17 bits per heavy atom. The minimum atomic E-state index is -0.119. The number of hydrogen-bond donors (Lipinski definition) is 0. The Hall–Kier alpha value is -1.02. The van der Waals surface area contributed by atoms with Crippen LogP contribution in [0.15, 0.2) is 36.1 Å². The highest BCUT2D eigenvalue weighted by atomic mass is 16.5. The van der Waals surface area contributed by atoms with E-state index in [0.717, 1.165) is 31.4 Å². The summed E-state index contributed by atoms with van der Waals surface area (Å²) in [6, 6.07) is 0. The van der Waals surface area contributed by atoms with E-state index in [9.17, 15) is 0 Å². The summed E-state index contributed by atoms with van der Waals surface area (Å²) in [5.74, 6) is 1.70. The molecule has 0 N–H and O–H groups in total. The highest BCUT2D eigenvalue weighted by molar-refractivity contribution is 5.33. The van der Waals surface area contributed by atoms with Crippen LogP contribution in [0.1, 0.15) is 59.8 Å². The third kappa shape index (κ3) is 2.10. The molecule has 2 aliphatic heterocycles. The minimum Gasteiger partial charge on any atom is -0.501 e. The van der Waals surface area contributed by atoms with Crippen LogP contribution < -0.4 is 0 Å². The number of fused-ring (bicyclic) bond motifs is 1. The van der Waals surface area contributed by atoms with E-state index in [1.165, 1.54) is 12.0 Å². The van der Waals surface area contributed by atoms with Crippen LogP contribution in [0.3, 0.4) is 0 Å². The Morgan fingerprint density at radius 3 is 2.78 bits per heavy atom. The van der Waals surface area contributed by atoms with Crippen molar-refractivity contribution in [2.75, 3.05) is 7.11 Å². The molecule has 2 bridgehead atoms. The zero-order chi connectivity index (χ0) is 16.9. The fraction of sp³-hybridized carbons (Fsp3) is 0.714. The predicted molar refractivity (Wildman–Crippen MR) is 95.1 cm³/mol. The van der Waals surface area contributed by atoms with Crippen molar-refractivity contribution in [3.63, 3.8) is 0 Å². The van der Waals surface area contributed by atoms with E-state index in [-0.39, 0.29) is 16.4 Å². The summed E-state index contributed by atoms with van der Waals surface area (Å²) in [5, 5.41) is 0. The molecule has 3 rings (SSSR count). The molecule has 0 aromatic heterocycles. The Bertz CT molecular complexity index is 556. The molecule has 2 saturated heterocycles. The van der Waals surface area contributed by atoms with Crippen LogP contribution in [-0.2, 0) is 9.47 Å². The van der Waals surface area contributed by atoms with E-state index >= 15 is 0 Å². The summed E-state index contributed by atoms with van der Waals surface area (Å²) in [6.45, 7) is 13.2. The molecule has 0 unspecified atom stereocenters. The van der Waals surface area contributed by atoms with Crippen LogP contribution in [0.4, 0.5) is 0 Å². The van der Waals surface area contributed by atoms with Crippen molar-refractivity contribution in [1.82, 2.24) is 0 Å². The van der Waals surface area contributed by atoms with E-state index in [1.807, 2.05) is 6.08 Å². The van der Waals surface area contributed by atoms with E-state index in [0.29, 0.717) is 12.0 Å². The first kappa shape index (κ1) is 16.8. The molecule has 128 valence electrons. The van der Waals surface area contributed by atoms with Crippen LogP contribution >= 0.6 is 0 Å². The van der Waals surface area contributed by atoms with Crippen molar-refractivity contribution in [3.8, 4) is 0 Å². The molecule has 0 saturated carbocycles. The SMILES string of the molecule is C=CC[C@]12C[C@H]3O[C@@]1(C)[C@H](CC=C2OC)[C@]3(C)CCC=C(C)C. The lowest BCUT2D eigenvalue weighted by Gasteiger charge is -2.55. The molecule has 2 heteroatoms. The normalized spacial score (nSPS) is 44.0. The number of hydrogen-bond acceptors (Lipinski definition) is 2. The summed E-state index contributed by atoms with van der Waals surface area (Å²) in [4.78, 5) is 0. The Morgan fingerprint density at radius 1 is 1.43 bits per heavy atom. The topological polar surface area (TPSA) is 18.5 Å². The van der Waals surface area contributed by atoms with Gasteiger partial charge in [0, 0.05) is 5.92 Å². The van der Waals surface area contributed by atoms with Crippen LogP contribution in [-0.4, -0.2) is 18.8 Å². The molecule has 3 aliphatic rings. The number of rotatable bonds is 6. The van der Waals surface area contributed by atoms with Gasteiger partial charge in [-0.3, -0.25) is 0 Å². The second-order valence-electron chi connectivity index (χ2n) is 8.38. The fourth-order valence-electron chi connectivity index (χ4n) is 5.78. The first-order valence-electron chi connectivity index (χ1n) is 9.01. The van der Waals surface area contributed by atoms with E-state index in [2.05, 4.69) is 46.4 Å². The maximum absolute atomic E-state index is 6.70. The van der Waals surface area contributed by atoms with Crippen LogP contribution in [0, 0.1) is 16.7 Å². The standard InChI is InChI=1S/C21H32O2/c1-7-12-21-14-18-19(4,13-8-9-15(2)3)16(20(21,5)23-18)10-11-17(21)22-6/h7,9,11,16,18H,1,8,10,12-14H2,2-6H3/t16-,18-,19+,20+,21-/m1/s1. The molecule has 0 amide bonds. The maximum atomic E-state index is 6.70. The first-order valence-corrected chi connectivity index (χ1v) is 9.01. The predicted octanol–water partition coefficient (Wildman–Crippen LogP) is 5.41. The third-order valence-electron chi connectivity index (χ3n) is 7.03. The summed E-state index contributed by atoms with van der Waals surface area (Å²) in [6.07, 6.45) is 12.5. The van der Waals surface area contributed by atoms with Gasteiger partial charge in [-0.1, -0.05) is 24.6 Å². The fourth-order valence-corrected chi connectivity index (χ4v) is 5.78. The van der Waals surface area contributed by atoms with Gasteiger partial charge in [0.2, 0.25) is 0 Å². The summed E-state index contributed by atoms with van der Waals surface area (Å²) in [5.41, 5.74) is 1.55. The van der Waals surface area contributed by atoms with E-state index in [1.54, 1.807) is 7.11 Å². The monoisotopic (exact) mass is 316 g/mol. The molecule has 2 nitrogen and oxygen atoms in total. The zero-order valence-corrected chi connectivity index (χ0v) is 15.4. The lowest BCUT2D eigenvalue weighted by molar-refractivity contribution is -0.0757. The Labute approximate surface area is 141 Å². The van der Waals surface area contributed by atoms with Crippen molar-refractivity contribution in [2.45, 2.75) is 71.5 Å². The lowest BCUT2D eigenvalue weighted by Crippen LogP contribution is -2.57. The Balaban J connectivity index is 1.95. The number of methoxy groups -OCH3 is 1. The van der Waals surface area contributed by atoms with Gasteiger partial charge in [-0.2, -0.15) is 0 Å². The van der Waals surface area contributed by atoms with Gasteiger partial charge in [0.1, 0.15) is 5.76 Å². The molecule has 0 radical (unpaired) electrons. The van der Waals surface area contributed by atoms with Crippen molar-refractivity contribution < 1.29 is 9.47 Å². The lowest BCUT2D eigenvalue weighted by atomic mass is 9.48. The molecule has 23 heavy (non-hydrogen) atoms.